The lowest BCUT2D eigenvalue weighted by Crippen LogP contribution is -2.34. The summed E-state index contributed by atoms with van der Waals surface area (Å²) in [7, 11) is 0. The molecule has 2 heterocycles. The third kappa shape index (κ3) is 4.24. The van der Waals surface area contributed by atoms with Crippen LogP contribution in [-0.4, -0.2) is 33.8 Å². The molecule has 0 aliphatic carbocycles. The molecular weight excluding hydrogens is 324 g/mol. The Kier molecular flexibility index (Phi) is 5.10. The van der Waals surface area contributed by atoms with Crippen molar-refractivity contribution < 1.29 is 18.8 Å². The molecule has 8 nitrogen and oxygen atoms in total. The third-order valence-electron chi connectivity index (χ3n) is 3.49. The zero-order chi connectivity index (χ0) is 17.6. The number of carbonyl (C=O) groups excluding carboxylic acids is 1. The Morgan fingerprint density at radius 1 is 1.28 bits per heavy atom. The van der Waals surface area contributed by atoms with Crippen LogP contribution in [0.25, 0.3) is 11.4 Å². The molecular formula is C17H18N4O4. The van der Waals surface area contributed by atoms with Crippen molar-refractivity contribution in [1.29, 1.82) is 0 Å². The summed E-state index contributed by atoms with van der Waals surface area (Å²) in [6.07, 6.45) is 3.09. The number of hydrogen-bond acceptors (Lipinski definition) is 7. The maximum atomic E-state index is 11.9. The highest BCUT2D eigenvalue weighted by Crippen LogP contribution is 2.16. The van der Waals surface area contributed by atoms with Gasteiger partial charge in [-0.2, -0.15) is 4.98 Å². The van der Waals surface area contributed by atoms with Crippen LogP contribution in [-0.2, 0) is 6.54 Å². The normalized spacial score (nSPS) is 11.9. The number of anilines is 1. The van der Waals surface area contributed by atoms with Gasteiger partial charge in [-0.3, -0.25) is 4.79 Å². The highest BCUT2D eigenvalue weighted by Gasteiger charge is 2.10. The Hall–Kier alpha value is -3.13. The molecule has 3 rings (SSSR count). The first-order chi connectivity index (χ1) is 12.2. The summed E-state index contributed by atoms with van der Waals surface area (Å²) in [6, 6.07) is 8.44. The molecule has 0 aliphatic heterocycles. The molecule has 0 radical (unpaired) electrons. The minimum absolute atomic E-state index is 0.101. The monoisotopic (exact) mass is 342 g/mol. The molecule has 1 amide bonds. The molecule has 3 N–H and O–H groups in total. The van der Waals surface area contributed by atoms with Crippen LogP contribution in [0.1, 0.15) is 23.2 Å². The summed E-state index contributed by atoms with van der Waals surface area (Å²) in [5, 5.41) is 18.7. The molecule has 25 heavy (non-hydrogen) atoms. The predicted octanol–water partition coefficient (Wildman–Crippen LogP) is 2.05. The fourth-order valence-corrected chi connectivity index (χ4v) is 2.11. The van der Waals surface area contributed by atoms with Gasteiger partial charge in [-0.1, -0.05) is 5.16 Å². The van der Waals surface area contributed by atoms with Crippen LogP contribution in [0.5, 0.6) is 0 Å². The molecule has 1 aromatic carbocycles. The SMILES string of the molecule is CC(CO)NC(=O)c1ccc(NCc2nc(-c3ccoc3)no2)cc1. The van der Waals surface area contributed by atoms with E-state index in [0.717, 1.165) is 11.3 Å². The number of nitrogens with one attached hydrogen (secondary N) is 2. The Bertz CT molecular complexity index is 812. The number of aliphatic hydroxyl groups is 1. The molecule has 0 aliphatic rings. The van der Waals surface area contributed by atoms with Gasteiger partial charge in [0, 0.05) is 17.3 Å². The van der Waals surface area contributed by atoms with Gasteiger partial charge in [-0.05, 0) is 37.3 Å². The zero-order valence-electron chi connectivity index (χ0n) is 13.6. The van der Waals surface area contributed by atoms with Gasteiger partial charge >= 0.3 is 0 Å². The molecule has 2 aromatic heterocycles. The van der Waals surface area contributed by atoms with Crippen molar-refractivity contribution in [3.05, 3.63) is 54.3 Å². The van der Waals surface area contributed by atoms with Crippen molar-refractivity contribution in [3.63, 3.8) is 0 Å². The second-order valence-corrected chi connectivity index (χ2v) is 5.51. The number of nitrogens with zero attached hydrogens (tertiary/aromatic N) is 2. The van der Waals surface area contributed by atoms with E-state index in [4.69, 9.17) is 14.0 Å². The van der Waals surface area contributed by atoms with Crippen LogP contribution >= 0.6 is 0 Å². The van der Waals surface area contributed by atoms with E-state index in [0.29, 0.717) is 23.8 Å². The van der Waals surface area contributed by atoms with Gasteiger partial charge in [0.05, 0.1) is 25.0 Å². The van der Waals surface area contributed by atoms with Crippen LogP contribution in [0.2, 0.25) is 0 Å². The second-order valence-electron chi connectivity index (χ2n) is 5.51. The lowest BCUT2D eigenvalue weighted by atomic mass is 10.2. The Labute approximate surface area is 143 Å². The van der Waals surface area contributed by atoms with E-state index in [9.17, 15) is 4.79 Å². The number of amides is 1. The van der Waals surface area contributed by atoms with Crippen LogP contribution in [0, 0.1) is 0 Å². The largest absolute Gasteiger partial charge is 0.472 e. The highest BCUT2D eigenvalue weighted by atomic mass is 16.5. The van der Waals surface area contributed by atoms with E-state index in [2.05, 4.69) is 20.8 Å². The molecule has 0 saturated carbocycles. The molecule has 130 valence electrons. The maximum absolute atomic E-state index is 11.9. The van der Waals surface area contributed by atoms with Gasteiger partial charge in [-0.15, -0.1) is 0 Å². The highest BCUT2D eigenvalue weighted by molar-refractivity contribution is 5.94. The number of furan rings is 1. The number of hydrogen-bond donors (Lipinski definition) is 3. The standard InChI is InChI=1S/C17H18N4O4/c1-11(9-22)19-17(23)12-2-4-14(5-3-12)18-8-15-20-16(21-25-15)13-6-7-24-10-13/h2-7,10-11,18,22H,8-9H2,1H3,(H,19,23). The predicted molar refractivity (Wildman–Crippen MR) is 89.8 cm³/mol. The average Bonchev–Trinajstić information content (AvgIpc) is 3.31. The molecule has 0 saturated heterocycles. The van der Waals surface area contributed by atoms with Gasteiger partial charge in [0.1, 0.15) is 6.26 Å². The number of aliphatic hydroxyl groups excluding tert-OH is 1. The molecule has 0 bridgehead atoms. The summed E-state index contributed by atoms with van der Waals surface area (Å²) >= 11 is 0. The van der Waals surface area contributed by atoms with Crippen molar-refractivity contribution in [2.75, 3.05) is 11.9 Å². The lowest BCUT2D eigenvalue weighted by Gasteiger charge is -2.11. The van der Waals surface area contributed by atoms with Gasteiger partial charge in [0.2, 0.25) is 11.7 Å². The molecule has 8 heteroatoms. The number of carbonyl (C=O) groups is 1. The number of aromatic nitrogens is 2. The fraction of sp³-hybridized carbons (Fsp3) is 0.235. The topological polar surface area (TPSA) is 113 Å². The van der Waals surface area contributed by atoms with Crippen molar-refractivity contribution >= 4 is 11.6 Å². The lowest BCUT2D eigenvalue weighted by molar-refractivity contribution is 0.0922. The van der Waals surface area contributed by atoms with E-state index in [1.165, 1.54) is 0 Å². The molecule has 0 fully saturated rings. The van der Waals surface area contributed by atoms with Crippen LogP contribution < -0.4 is 10.6 Å². The first kappa shape index (κ1) is 16.7. The van der Waals surface area contributed by atoms with Crippen molar-refractivity contribution in [2.24, 2.45) is 0 Å². The Balaban J connectivity index is 1.56. The fourth-order valence-electron chi connectivity index (χ4n) is 2.11. The first-order valence-corrected chi connectivity index (χ1v) is 7.76. The molecule has 1 atom stereocenters. The van der Waals surface area contributed by atoms with E-state index in [1.807, 2.05) is 0 Å². The van der Waals surface area contributed by atoms with Gasteiger partial charge in [-0.25, -0.2) is 0 Å². The Morgan fingerprint density at radius 3 is 2.76 bits per heavy atom. The van der Waals surface area contributed by atoms with E-state index in [-0.39, 0.29) is 18.6 Å². The van der Waals surface area contributed by atoms with Crippen LogP contribution in [0.15, 0.2) is 51.8 Å². The van der Waals surface area contributed by atoms with Gasteiger partial charge in [0.15, 0.2) is 0 Å². The Morgan fingerprint density at radius 2 is 2.08 bits per heavy atom. The van der Waals surface area contributed by atoms with Gasteiger partial charge in [0.25, 0.3) is 5.91 Å². The summed E-state index contributed by atoms with van der Waals surface area (Å²) in [5.41, 5.74) is 2.09. The van der Waals surface area contributed by atoms with Gasteiger partial charge < -0.3 is 24.7 Å². The zero-order valence-corrected chi connectivity index (χ0v) is 13.6. The van der Waals surface area contributed by atoms with Crippen molar-refractivity contribution in [2.45, 2.75) is 19.5 Å². The summed E-state index contributed by atoms with van der Waals surface area (Å²) in [6.45, 7) is 1.99. The summed E-state index contributed by atoms with van der Waals surface area (Å²) < 4.78 is 10.2. The summed E-state index contributed by atoms with van der Waals surface area (Å²) in [5.74, 6) is 0.681. The number of benzene rings is 1. The quantitative estimate of drug-likeness (QED) is 0.602. The molecule has 1 unspecified atom stereocenters. The number of rotatable bonds is 7. The van der Waals surface area contributed by atoms with Crippen LogP contribution in [0.4, 0.5) is 5.69 Å². The summed E-state index contributed by atoms with van der Waals surface area (Å²) in [4.78, 5) is 16.2. The average molecular weight is 342 g/mol. The van der Waals surface area contributed by atoms with E-state index in [1.54, 1.807) is 49.8 Å². The van der Waals surface area contributed by atoms with Crippen LogP contribution in [0.3, 0.4) is 0 Å². The van der Waals surface area contributed by atoms with Crippen molar-refractivity contribution in [1.82, 2.24) is 15.5 Å². The molecule has 3 aromatic rings. The third-order valence-corrected chi connectivity index (χ3v) is 3.49. The van der Waals surface area contributed by atoms with E-state index < -0.39 is 0 Å². The molecule has 0 spiro atoms. The van der Waals surface area contributed by atoms with E-state index >= 15 is 0 Å². The minimum atomic E-state index is -0.285. The van der Waals surface area contributed by atoms with Crippen molar-refractivity contribution in [3.8, 4) is 11.4 Å². The second kappa shape index (κ2) is 7.63. The first-order valence-electron chi connectivity index (χ1n) is 7.76. The smallest absolute Gasteiger partial charge is 0.251 e. The maximum Gasteiger partial charge on any atom is 0.251 e. The minimum Gasteiger partial charge on any atom is -0.472 e.